The van der Waals surface area contributed by atoms with Crippen LogP contribution >= 0.6 is 0 Å². The molecule has 4 heteroatoms. The van der Waals surface area contributed by atoms with Gasteiger partial charge in [-0.2, -0.15) is 0 Å². The van der Waals surface area contributed by atoms with E-state index in [4.69, 9.17) is 4.74 Å². The molecule has 0 atom stereocenters. The van der Waals surface area contributed by atoms with Gasteiger partial charge in [0.2, 0.25) is 0 Å². The zero-order valence-corrected chi connectivity index (χ0v) is 11.2. The highest BCUT2D eigenvalue weighted by atomic mass is 16.6. The topological polar surface area (TPSA) is 41.6 Å². The smallest absolute Gasteiger partial charge is 0.410 e. The van der Waals surface area contributed by atoms with Gasteiger partial charge in [0, 0.05) is 12.6 Å². The van der Waals surface area contributed by atoms with Gasteiger partial charge in [-0.25, -0.2) is 4.79 Å². The zero-order chi connectivity index (χ0) is 12.5. The van der Waals surface area contributed by atoms with Gasteiger partial charge >= 0.3 is 6.09 Å². The minimum atomic E-state index is -0.118. The van der Waals surface area contributed by atoms with Crippen LogP contribution in [0.3, 0.4) is 0 Å². The van der Waals surface area contributed by atoms with Crippen LogP contribution in [0.25, 0.3) is 0 Å². The van der Waals surface area contributed by atoms with Crippen LogP contribution in [-0.2, 0) is 4.74 Å². The molecular weight excluding hydrogens is 216 g/mol. The van der Waals surface area contributed by atoms with Gasteiger partial charge in [0.1, 0.15) is 0 Å². The first-order valence-electron chi connectivity index (χ1n) is 6.93. The minimum absolute atomic E-state index is 0.118. The summed E-state index contributed by atoms with van der Waals surface area (Å²) in [4.78, 5) is 13.9. The summed E-state index contributed by atoms with van der Waals surface area (Å²) in [5.74, 6) is 0. The van der Waals surface area contributed by atoms with Crippen molar-refractivity contribution < 1.29 is 9.53 Å². The van der Waals surface area contributed by atoms with Gasteiger partial charge in [-0.3, -0.25) is 0 Å². The lowest BCUT2D eigenvalue weighted by atomic mass is 10.1. The molecule has 17 heavy (non-hydrogen) atoms. The Bertz CT molecular complexity index is 215. The van der Waals surface area contributed by atoms with Crippen LogP contribution in [0.2, 0.25) is 0 Å². The molecule has 0 aromatic rings. The van der Waals surface area contributed by atoms with Crippen molar-refractivity contribution in [2.75, 3.05) is 26.2 Å². The van der Waals surface area contributed by atoms with E-state index < -0.39 is 0 Å². The van der Waals surface area contributed by atoms with Crippen LogP contribution in [0, 0.1) is 0 Å². The summed E-state index contributed by atoms with van der Waals surface area (Å²) in [6.45, 7) is 7.59. The molecule has 0 spiro atoms. The third kappa shape index (κ3) is 4.94. The molecule has 1 aliphatic rings. The van der Waals surface area contributed by atoms with Gasteiger partial charge in [-0.1, -0.05) is 20.3 Å². The number of carbonyl (C=O) groups excluding carboxylic acids is 1. The Hall–Kier alpha value is -0.770. The van der Waals surface area contributed by atoms with Crippen LogP contribution in [-0.4, -0.2) is 43.3 Å². The lowest BCUT2D eigenvalue weighted by Crippen LogP contribution is -2.46. The quantitative estimate of drug-likeness (QED) is 0.727. The molecule has 0 saturated carbocycles. The Balaban J connectivity index is 2.42. The Kier molecular flexibility index (Phi) is 7.01. The second kappa shape index (κ2) is 8.34. The van der Waals surface area contributed by atoms with Crippen LogP contribution in [0.1, 0.15) is 46.0 Å². The van der Waals surface area contributed by atoms with Gasteiger partial charge in [0.25, 0.3) is 0 Å². The lowest BCUT2D eigenvalue weighted by molar-refractivity contribution is 0.0777. The van der Waals surface area contributed by atoms with E-state index in [0.29, 0.717) is 12.6 Å². The fraction of sp³-hybridized carbons (Fsp3) is 0.923. The molecule has 100 valence electrons. The Morgan fingerprint density at radius 3 is 2.59 bits per heavy atom. The molecule has 1 rings (SSSR count). The maximum absolute atomic E-state index is 12.0. The van der Waals surface area contributed by atoms with E-state index in [1.165, 1.54) is 0 Å². The normalized spacial score (nSPS) is 16.8. The molecule has 0 aliphatic carbocycles. The maximum atomic E-state index is 12.0. The molecule has 1 saturated heterocycles. The number of nitrogens with one attached hydrogen (secondary N) is 1. The number of carbonyl (C=O) groups is 1. The van der Waals surface area contributed by atoms with E-state index in [-0.39, 0.29) is 6.09 Å². The number of amides is 1. The Morgan fingerprint density at radius 1 is 1.29 bits per heavy atom. The second-order valence-electron chi connectivity index (χ2n) is 4.64. The molecule has 0 bridgehead atoms. The van der Waals surface area contributed by atoms with Gasteiger partial charge < -0.3 is 15.0 Å². The molecule has 0 aromatic carbocycles. The molecule has 1 N–H and O–H groups in total. The summed E-state index contributed by atoms with van der Waals surface area (Å²) in [5.41, 5.74) is 0. The zero-order valence-electron chi connectivity index (χ0n) is 11.2. The van der Waals surface area contributed by atoms with Crippen LogP contribution in [0.5, 0.6) is 0 Å². The fourth-order valence-electron chi connectivity index (χ4n) is 2.17. The van der Waals surface area contributed by atoms with E-state index in [1.807, 2.05) is 4.90 Å². The average Bonchev–Trinajstić information content (AvgIpc) is 2.37. The number of hydrogen-bond donors (Lipinski definition) is 1. The summed E-state index contributed by atoms with van der Waals surface area (Å²) in [6.07, 6.45) is 4.98. The summed E-state index contributed by atoms with van der Waals surface area (Å²) in [5, 5.41) is 3.32. The standard InChI is InChI=1S/C13H26N2O2/c1-3-5-11-17-13(16)15(10-4-2)12-6-8-14-9-7-12/h12,14H,3-11H2,1-2H3. The molecule has 1 fully saturated rings. The van der Waals surface area contributed by atoms with Crippen molar-refractivity contribution in [3.63, 3.8) is 0 Å². The van der Waals surface area contributed by atoms with E-state index >= 15 is 0 Å². The highest BCUT2D eigenvalue weighted by molar-refractivity contribution is 5.68. The van der Waals surface area contributed by atoms with E-state index in [1.54, 1.807) is 0 Å². The highest BCUT2D eigenvalue weighted by Crippen LogP contribution is 2.14. The number of hydrogen-bond acceptors (Lipinski definition) is 3. The van der Waals surface area contributed by atoms with Crippen LogP contribution < -0.4 is 5.32 Å². The summed E-state index contributed by atoms with van der Waals surface area (Å²) in [6, 6.07) is 0.366. The first-order valence-corrected chi connectivity index (χ1v) is 6.93. The van der Waals surface area contributed by atoms with Gasteiger partial charge in [0.15, 0.2) is 0 Å². The molecular formula is C13H26N2O2. The third-order valence-electron chi connectivity index (χ3n) is 3.17. The van der Waals surface area contributed by atoms with E-state index in [2.05, 4.69) is 19.2 Å². The predicted octanol–water partition coefficient (Wildman–Crippen LogP) is 2.39. The summed E-state index contributed by atoms with van der Waals surface area (Å²) < 4.78 is 5.32. The second-order valence-corrected chi connectivity index (χ2v) is 4.64. The largest absolute Gasteiger partial charge is 0.449 e. The van der Waals surface area contributed by atoms with Gasteiger partial charge in [-0.15, -0.1) is 0 Å². The number of piperidine rings is 1. The SMILES string of the molecule is CCCCOC(=O)N(CCC)C1CCNCC1. The Labute approximate surface area is 105 Å². The number of unbranched alkanes of at least 4 members (excludes halogenated alkanes) is 1. The lowest BCUT2D eigenvalue weighted by Gasteiger charge is -2.33. The first-order chi connectivity index (χ1) is 8.29. The van der Waals surface area contributed by atoms with Gasteiger partial charge in [0.05, 0.1) is 6.61 Å². The van der Waals surface area contributed by atoms with Gasteiger partial charge in [-0.05, 0) is 38.8 Å². The van der Waals surface area contributed by atoms with Crippen molar-refractivity contribution in [3.8, 4) is 0 Å². The molecule has 1 aliphatic heterocycles. The van der Waals surface area contributed by atoms with Crippen molar-refractivity contribution in [1.29, 1.82) is 0 Å². The monoisotopic (exact) mass is 242 g/mol. The van der Waals surface area contributed by atoms with Crippen LogP contribution in [0.15, 0.2) is 0 Å². The minimum Gasteiger partial charge on any atom is -0.449 e. The molecule has 1 heterocycles. The molecule has 4 nitrogen and oxygen atoms in total. The first kappa shape index (κ1) is 14.3. The Morgan fingerprint density at radius 2 is 2.00 bits per heavy atom. The summed E-state index contributed by atoms with van der Waals surface area (Å²) in [7, 11) is 0. The van der Waals surface area contributed by atoms with Crippen molar-refractivity contribution in [1.82, 2.24) is 10.2 Å². The van der Waals surface area contributed by atoms with Crippen molar-refractivity contribution in [2.45, 2.75) is 52.0 Å². The molecule has 0 radical (unpaired) electrons. The highest BCUT2D eigenvalue weighted by Gasteiger charge is 2.25. The molecule has 0 aromatic heterocycles. The van der Waals surface area contributed by atoms with E-state index in [9.17, 15) is 4.79 Å². The van der Waals surface area contributed by atoms with Crippen LogP contribution in [0.4, 0.5) is 4.79 Å². The average molecular weight is 242 g/mol. The number of ether oxygens (including phenoxy) is 1. The fourth-order valence-corrected chi connectivity index (χ4v) is 2.17. The molecule has 0 unspecified atom stereocenters. The predicted molar refractivity (Wildman–Crippen MR) is 69.1 cm³/mol. The van der Waals surface area contributed by atoms with Crippen molar-refractivity contribution >= 4 is 6.09 Å². The third-order valence-corrected chi connectivity index (χ3v) is 3.17. The number of nitrogens with zero attached hydrogens (tertiary/aromatic N) is 1. The summed E-state index contributed by atoms with van der Waals surface area (Å²) >= 11 is 0. The molecule has 1 amide bonds. The van der Waals surface area contributed by atoms with Crippen molar-refractivity contribution in [3.05, 3.63) is 0 Å². The number of rotatable bonds is 6. The maximum Gasteiger partial charge on any atom is 0.410 e. The van der Waals surface area contributed by atoms with Crippen molar-refractivity contribution in [2.24, 2.45) is 0 Å². The van der Waals surface area contributed by atoms with E-state index in [0.717, 1.165) is 51.7 Å².